The van der Waals surface area contributed by atoms with Gasteiger partial charge in [-0.15, -0.1) is 0 Å². The highest BCUT2D eigenvalue weighted by Crippen LogP contribution is 2.46. The number of methoxy groups -OCH3 is 2. The molecule has 1 aliphatic carbocycles. The van der Waals surface area contributed by atoms with E-state index >= 15 is 0 Å². The predicted octanol–water partition coefficient (Wildman–Crippen LogP) is 9.07. The Morgan fingerprint density at radius 2 is 1.68 bits per heavy atom. The second-order valence-corrected chi connectivity index (χ2v) is 20.2. The molecular formula is C30H61O5PSi. The zero-order chi connectivity index (χ0) is 28.1. The Kier molecular flexibility index (Phi) is 16.1. The summed E-state index contributed by atoms with van der Waals surface area (Å²) < 4.78 is 36.7. The van der Waals surface area contributed by atoms with Crippen LogP contribution >= 0.6 is 7.37 Å². The van der Waals surface area contributed by atoms with Crippen LogP contribution in [0.5, 0.6) is 0 Å². The van der Waals surface area contributed by atoms with Crippen molar-refractivity contribution in [3.63, 3.8) is 0 Å². The van der Waals surface area contributed by atoms with Crippen LogP contribution in [0.1, 0.15) is 98.8 Å². The lowest BCUT2D eigenvalue weighted by Gasteiger charge is -2.40. The second kappa shape index (κ2) is 17.0. The minimum absolute atomic E-state index is 0.167. The number of hydrogen-bond acceptors (Lipinski definition) is 5. The van der Waals surface area contributed by atoms with Crippen LogP contribution in [0.4, 0.5) is 0 Å². The molecule has 220 valence electrons. The third-order valence-electron chi connectivity index (χ3n) is 8.62. The molecule has 6 atom stereocenters. The highest BCUT2D eigenvalue weighted by Gasteiger charge is 2.47. The third kappa shape index (κ3) is 12.4. The quantitative estimate of drug-likeness (QED) is 0.0682. The van der Waals surface area contributed by atoms with Gasteiger partial charge in [0, 0.05) is 33.0 Å². The Morgan fingerprint density at radius 1 is 1.00 bits per heavy atom. The van der Waals surface area contributed by atoms with E-state index in [4.69, 9.17) is 18.4 Å². The van der Waals surface area contributed by atoms with Gasteiger partial charge in [-0.3, -0.25) is 4.57 Å². The van der Waals surface area contributed by atoms with E-state index in [1.54, 1.807) is 6.66 Å². The molecule has 2 unspecified atom stereocenters. The van der Waals surface area contributed by atoms with Gasteiger partial charge in [-0.05, 0) is 56.7 Å². The summed E-state index contributed by atoms with van der Waals surface area (Å²) in [5, 5.41) is 0.184. The summed E-state index contributed by atoms with van der Waals surface area (Å²) in [7, 11) is -0.635. The van der Waals surface area contributed by atoms with E-state index in [9.17, 15) is 4.57 Å². The molecule has 0 radical (unpaired) electrons. The molecule has 7 heteroatoms. The maximum Gasteiger partial charge on any atom is 0.200 e. The average molecular weight is 561 g/mol. The van der Waals surface area contributed by atoms with E-state index in [0.29, 0.717) is 24.6 Å². The molecule has 0 bridgehead atoms. The summed E-state index contributed by atoms with van der Waals surface area (Å²) >= 11 is 0. The van der Waals surface area contributed by atoms with E-state index in [1.807, 2.05) is 21.1 Å². The van der Waals surface area contributed by atoms with Gasteiger partial charge in [0.2, 0.25) is 0 Å². The molecule has 0 aromatic heterocycles. The third-order valence-corrected chi connectivity index (χ3v) is 15.1. The van der Waals surface area contributed by atoms with Crippen LogP contribution in [0.3, 0.4) is 0 Å². The molecular weight excluding hydrogens is 499 g/mol. The number of ether oxygens (including phenoxy) is 2. The van der Waals surface area contributed by atoms with Crippen molar-refractivity contribution in [2.45, 2.75) is 135 Å². The first kappa shape index (κ1) is 35.1. The summed E-state index contributed by atoms with van der Waals surface area (Å²) in [5.41, 5.74) is 0. The van der Waals surface area contributed by atoms with Crippen molar-refractivity contribution in [2.75, 3.05) is 33.7 Å². The van der Waals surface area contributed by atoms with Gasteiger partial charge in [0.15, 0.2) is 15.7 Å². The van der Waals surface area contributed by atoms with Gasteiger partial charge in [0.25, 0.3) is 0 Å². The predicted molar refractivity (Wildman–Crippen MR) is 162 cm³/mol. The molecule has 0 amide bonds. The van der Waals surface area contributed by atoms with Crippen LogP contribution in [0.25, 0.3) is 0 Å². The molecule has 0 aromatic rings. The molecule has 1 saturated carbocycles. The zero-order valence-corrected chi connectivity index (χ0v) is 27.9. The van der Waals surface area contributed by atoms with Crippen molar-refractivity contribution in [1.82, 2.24) is 0 Å². The molecule has 5 nitrogen and oxygen atoms in total. The summed E-state index contributed by atoms with van der Waals surface area (Å²) in [5.74, 6) is 0.793. The van der Waals surface area contributed by atoms with E-state index in [1.165, 1.54) is 19.3 Å². The highest BCUT2D eigenvalue weighted by atomic mass is 31.2. The normalized spacial score (nSPS) is 25.6. The van der Waals surface area contributed by atoms with Gasteiger partial charge in [0.05, 0.1) is 24.9 Å². The second-order valence-electron chi connectivity index (χ2n) is 12.7. The fourth-order valence-corrected chi connectivity index (χ4v) is 8.14. The summed E-state index contributed by atoms with van der Waals surface area (Å²) in [4.78, 5) is 0. The highest BCUT2D eigenvalue weighted by molar-refractivity contribution is 7.58. The fourth-order valence-electron chi connectivity index (χ4n) is 5.28. The topological polar surface area (TPSA) is 54.0 Å². The number of unbranched alkanes of at least 4 members (excludes halogenated alkanes) is 5. The van der Waals surface area contributed by atoms with E-state index < -0.39 is 15.7 Å². The van der Waals surface area contributed by atoms with Crippen molar-refractivity contribution < 1.29 is 23.0 Å². The maximum absolute atomic E-state index is 12.4. The first-order chi connectivity index (χ1) is 17.3. The molecule has 1 fully saturated rings. The van der Waals surface area contributed by atoms with Gasteiger partial charge in [0.1, 0.15) is 0 Å². The smallest absolute Gasteiger partial charge is 0.200 e. The lowest BCUT2D eigenvalue weighted by atomic mass is 9.87. The fraction of sp³-hybridized carbons (Fsp3) is 0.933. The van der Waals surface area contributed by atoms with Crippen LogP contribution in [0.15, 0.2) is 12.2 Å². The van der Waals surface area contributed by atoms with E-state index in [2.05, 4.69) is 52.9 Å². The molecule has 0 aliphatic heterocycles. The number of rotatable bonds is 19. The van der Waals surface area contributed by atoms with Crippen molar-refractivity contribution in [1.29, 1.82) is 0 Å². The van der Waals surface area contributed by atoms with Crippen molar-refractivity contribution in [3.8, 4) is 0 Å². The lowest BCUT2D eigenvalue weighted by molar-refractivity contribution is 0.0744. The molecule has 0 saturated heterocycles. The van der Waals surface area contributed by atoms with Gasteiger partial charge >= 0.3 is 0 Å². The van der Waals surface area contributed by atoms with E-state index in [-0.39, 0.29) is 23.4 Å². The minimum atomic E-state index is -2.42. The minimum Gasteiger partial charge on any atom is -0.414 e. The van der Waals surface area contributed by atoms with Crippen molar-refractivity contribution in [2.24, 2.45) is 11.8 Å². The summed E-state index contributed by atoms with van der Waals surface area (Å²) in [6.45, 7) is 18.2. The van der Waals surface area contributed by atoms with Gasteiger partial charge in [-0.2, -0.15) is 0 Å². The average Bonchev–Trinajstić information content (AvgIpc) is 3.13. The van der Waals surface area contributed by atoms with Gasteiger partial charge in [-0.25, -0.2) is 0 Å². The Morgan fingerprint density at radius 3 is 2.24 bits per heavy atom. The molecule has 1 aliphatic rings. The monoisotopic (exact) mass is 560 g/mol. The summed E-state index contributed by atoms with van der Waals surface area (Å²) in [6.07, 6.45) is 17.2. The van der Waals surface area contributed by atoms with Gasteiger partial charge in [-0.1, -0.05) is 78.4 Å². The maximum atomic E-state index is 12.4. The van der Waals surface area contributed by atoms with Crippen LogP contribution in [0.2, 0.25) is 18.1 Å². The first-order valence-corrected chi connectivity index (χ1v) is 20.1. The Hall–Kier alpha value is 0.0269. The summed E-state index contributed by atoms with van der Waals surface area (Å²) in [6, 6.07) is 0. The zero-order valence-electron chi connectivity index (χ0n) is 26.0. The van der Waals surface area contributed by atoms with Crippen LogP contribution in [-0.2, 0) is 23.0 Å². The SMILES string of the molecule is CCCCC[C@@H](C=CC1[C@@H](CCCCCCP(C)(=O)OCC)[C@@H](O[Si](C)(C)C(C)(C)C)C[C@H]1OC)OC. The van der Waals surface area contributed by atoms with Crippen LogP contribution < -0.4 is 0 Å². The molecule has 1 rings (SSSR count). The molecule has 0 heterocycles. The van der Waals surface area contributed by atoms with E-state index in [0.717, 1.165) is 44.9 Å². The van der Waals surface area contributed by atoms with Crippen LogP contribution in [-0.4, -0.2) is 60.3 Å². The van der Waals surface area contributed by atoms with Crippen LogP contribution in [0, 0.1) is 11.8 Å². The standard InChI is InChI=1S/C30H61O5PSi/c1-11-13-16-19-25(32-6)21-22-27-26(20-17-14-15-18-23-36(8,31)34-12-2)29(24-28(27)33-7)35-37(9,10)30(3,4)5/h21-22,25-29H,11-20,23-24H2,1-10H3/t25-,26+,27?,28+,29-,36?/m0/s1. The Balaban J connectivity index is 2.92. The van der Waals surface area contributed by atoms with Gasteiger partial charge < -0.3 is 18.4 Å². The van der Waals surface area contributed by atoms with Crippen molar-refractivity contribution in [3.05, 3.63) is 12.2 Å². The molecule has 0 N–H and O–H groups in total. The molecule has 0 spiro atoms. The lowest BCUT2D eigenvalue weighted by Crippen LogP contribution is -2.45. The largest absolute Gasteiger partial charge is 0.414 e. The Labute approximate surface area is 231 Å². The Bertz CT molecular complexity index is 690. The van der Waals surface area contributed by atoms with Crippen molar-refractivity contribution >= 4 is 15.7 Å². The molecule has 37 heavy (non-hydrogen) atoms. The first-order valence-electron chi connectivity index (χ1n) is 14.9. The molecule has 0 aromatic carbocycles. The number of hydrogen-bond donors (Lipinski definition) is 0.